The Morgan fingerprint density at radius 2 is 1.70 bits per heavy atom. The monoisotopic (exact) mass is 412 g/mol. The van der Waals surface area contributed by atoms with E-state index in [0.717, 1.165) is 5.56 Å². The Kier molecular flexibility index (Phi) is 6.20. The van der Waals surface area contributed by atoms with E-state index in [1.54, 1.807) is 24.3 Å². The smallest absolute Gasteiger partial charge is 0.338 e. The Labute approximate surface area is 177 Å². The van der Waals surface area contributed by atoms with E-state index >= 15 is 0 Å². The zero-order valence-electron chi connectivity index (χ0n) is 17.5. The molecule has 2 heterocycles. The Morgan fingerprint density at radius 1 is 1.03 bits per heavy atom. The van der Waals surface area contributed by atoms with Crippen LogP contribution in [0.2, 0.25) is 0 Å². The highest BCUT2D eigenvalue weighted by molar-refractivity contribution is 5.89. The summed E-state index contributed by atoms with van der Waals surface area (Å²) in [7, 11) is 0. The van der Waals surface area contributed by atoms with E-state index in [1.807, 2.05) is 57.2 Å². The van der Waals surface area contributed by atoms with Crippen molar-refractivity contribution in [2.45, 2.75) is 63.7 Å². The van der Waals surface area contributed by atoms with E-state index in [-0.39, 0.29) is 12.2 Å². The van der Waals surface area contributed by atoms with Crippen molar-refractivity contribution in [3.63, 3.8) is 0 Å². The summed E-state index contributed by atoms with van der Waals surface area (Å²) >= 11 is 0. The number of ether oxygens (including phenoxy) is 5. The normalized spacial score (nSPS) is 30.3. The van der Waals surface area contributed by atoms with Crippen LogP contribution in [0.15, 0.2) is 60.7 Å². The lowest BCUT2D eigenvalue weighted by Crippen LogP contribution is -2.65. The molecular weight excluding hydrogens is 384 g/mol. The predicted octanol–water partition coefficient (Wildman–Crippen LogP) is 3.74. The van der Waals surface area contributed by atoms with Gasteiger partial charge >= 0.3 is 5.97 Å². The molecule has 0 spiro atoms. The molecule has 4 rings (SSSR count). The molecule has 2 saturated heterocycles. The summed E-state index contributed by atoms with van der Waals surface area (Å²) in [5, 5.41) is 0. The first kappa shape index (κ1) is 21.0. The van der Waals surface area contributed by atoms with Crippen LogP contribution in [-0.2, 0) is 30.3 Å². The summed E-state index contributed by atoms with van der Waals surface area (Å²) in [4.78, 5) is 12.8. The fraction of sp³-hybridized carbons (Fsp3) is 0.458. The van der Waals surface area contributed by atoms with Gasteiger partial charge in [-0.3, -0.25) is 0 Å². The van der Waals surface area contributed by atoms with E-state index in [9.17, 15) is 4.79 Å². The first-order valence-corrected chi connectivity index (χ1v) is 10.3. The third-order valence-corrected chi connectivity index (χ3v) is 5.42. The topological polar surface area (TPSA) is 63.2 Å². The molecule has 0 N–H and O–H groups in total. The van der Waals surface area contributed by atoms with Gasteiger partial charge in [0.15, 0.2) is 11.9 Å². The number of rotatable bonds is 5. The van der Waals surface area contributed by atoms with Crippen LogP contribution in [0, 0.1) is 0 Å². The van der Waals surface area contributed by atoms with E-state index in [1.165, 1.54) is 0 Å². The van der Waals surface area contributed by atoms with Crippen molar-refractivity contribution in [1.82, 2.24) is 0 Å². The van der Waals surface area contributed by atoms with Gasteiger partial charge in [-0.05, 0) is 38.5 Å². The molecule has 0 aliphatic carbocycles. The number of fused-ring (bicyclic) bond motifs is 1. The van der Waals surface area contributed by atoms with E-state index in [0.29, 0.717) is 18.8 Å². The molecule has 0 radical (unpaired) electrons. The van der Waals surface area contributed by atoms with Crippen molar-refractivity contribution in [3.05, 3.63) is 71.8 Å². The number of benzene rings is 2. The summed E-state index contributed by atoms with van der Waals surface area (Å²) < 4.78 is 30.3. The van der Waals surface area contributed by atoms with Crippen molar-refractivity contribution >= 4 is 5.97 Å². The molecule has 0 saturated carbocycles. The maximum Gasteiger partial charge on any atom is 0.338 e. The average molecular weight is 412 g/mol. The van der Waals surface area contributed by atoms with Gasteiger partial charge in [0, 0.05) is 0 Å². The largest absolute Gasteiger partial charge is 0.453 e. The summed E-state index contributed by atoms with van der Waals surface area (Å²) in [6.07, 6.45) is -2.18. The maximum absolute atomic E-state index is 12.8. The van der Waals surface area contributed by atoms with Gasteiger partial charge in [-0.15, -0.1) is 0 Å². The lowest BCUT2D eigenvalue weighted by atomic mass is 9.93. The summed E-state index contributed by atoms with van der Waals surface area (Å²) in [5.41, 5.74) is 1.52. The van der Waals surface area contributed by atoms with Crippen molar-refractivity contribution < 1.29 is 28.5 Å². The van der Waals surface area contributed by atoms with Crippen LogP contribution < -0.4 is 0 Å². The fourth-order valence-electron chi connectivity index (χ4n) is 3.90. The first-order chi connectivity index (χ1) is 14.4. The average Bonchev–Trinajstić information content (AvgIpc) is 2.75. The second-order valence-electron chi connectivity index (χ2n) is 8.17. The molecule has 2 aromatic carbocycles. The summed E-state index contributed by atoms with van der Waals surface area (Å²) in [6, 6.07) is 18.8. The first-order valence-electron chi connectivity index (χ1n) is 10.3. The molecule has 6 heteroatoms. The third-order valence-electron chi connectivity index (χ3n) is 5.42. The van der Waals surface area contributed by atoms with E-state index in [2.05, 4.69) is 0 Å². The number of hydrogen-bond donors (Lipinski definition) is 0. The summed E-state index contributed by atoms with van der Waals surface area (Å²) in [5.74, 6) is -1.18. The summed E-state index contributed by atoms with van der Waals surface area (Å²) in [6.45, 7) is 6.39. The molecule has 0 aromatic heterocycles. The number of carbonyl (C=O) groups excluding carboxylic acids is 1. The predicted molar refractivity (Wildman–Crippen MR) is 110 cm³/mol. The molecule has 2 aliphatic heterocycles. The van der Waals surface area contributed by atoms with Crippen LogP contribution in [0.1, 0.15) is 36.7 Å². The maximum atomic E-state index is 12.8. The van der Waals surface area contributed by atoms with Crippen LogP contribution in [-0.4, -0.2) is 48.9 Å². The van der Waals surface area contributed by atoms with Gasteiger partial charge in [-0.25, -0.2) is 4.79 Å². The van der Waals surface area contributed by atoms with Crippen LogP contribution in [0.25, 0.3) is 0 Å². The third kappa shape index (κ3) is 4.73. The molecule has 160 valence electrons. The standard InChI is InChI=1S/C24H28O6/c1-16-20(29-23(25)18-12-8-5-9-13-18)22(26-14-17-10-6-4-7-11-17)21-19(28-16)15-27-24(2,3)30-21/h4-13,16,19-22H,14-15H2,1-3H3/t16-,19?,20?,21-,22-/m1/s1. The molecule has 2 fully saturated rings. The minimum atomic E-state index is -0.770. The molecule has 5 atom stereocenters. The Morgan fingerprint density at radius 3 is 2.40 bits per heavy atom. The molecule has 2 aromatic rings. The van der Waals surface area contributed by atoms with Gasteiger partial charge in [-0.1, -0.05) is 48.5 Å². The minimum Gasteiger partial charge on any atom is -0.453 e. The zero-order chi connectivity index (χ0) is 21.1. The van der Waals surface area contributed by atoms with Gasteiger partial charge in [0.05, 0.1) is 24.9 Å². The molecule has 2 unspecified atom stereocenters. The minimum absolute atomic E-state index is 0.291. The van der Waals surface area contributed by atoms with Crippen molar-refractivity contribution in [2.75, 3.05) is 6.61 Å². The zero-order valence-corrected chi connectivity index (χ0v) is 17.5. The Balaban J connectivity index is 1.57. The Hall–Kier alpha value is -2.25. The quantitative estimate of drug-likeness (QED) is 0.698. The second-order valence-corrected chi connectivity index (χ2v) is 8.17. The van der Waals surface area contributed by atoms with Crippen molar-refractivity contribution in [3.8, 4) is 0 Å². The van der Waals surface area contributed by atoms with Gasteiger partial charge in [0.25, 0.3) is 0 Å². The molecule has 0 amide bonds. The lowest BCUT2D eigenvalue weighted by molar-refractivity contribution is -0.360. The van der Waals surface area contributed by atoms with Crippen molar-refractivity contribution in [2.24, 2.45) is 0 Å². The van der Waals surface area contributed by atoms with Gasteiger partial charge in [0.2, 0.25) is 0 Å². The second kappa shape index (κ2) is 8.86. The Bertz CT molecular complexity index is 837. The number of hydrogen-bond acceptors (Lipinski definition) is 6. The fourth-order valence-corrected chi connectivity index (χ4v) is 3.90. The van der Waals surface area contributed by atoms with Crippen LogP contribution >= 0.6 is 0 Å². The molecule has 30 heavy (non-hydrogen) atoms. The number of carbonyl (C=O) groups is 1. The highest BCUT2D eigenvalue weighted by Gasteiger charge is 2.52. The van der Waals surface area contributed by atoms with Gasteiger partial charge in [-0.2, -0.15) is 0 Å². The van der Waals surface area contributed by atoms with Crippen LogP contribution in [0.4, 0.5) is 0 Å². The molecule has 2 aliphatic rings. The van der Waals surface area contributed by atoms with Gasteiger partial charge in [0.1, 0.15) is 18.3 Å². The van der Waals surface area contributed by atoms with Crippen LogP contribution in [0.5, 0.6) is 0 Å². The molecular formula is C24H28O6. The highest BCUT2D eigenvalue weighted by atomic mass is 16.7. The molecule has 0 bridgehead atoms. The lowest BCUT2D eigenvalue weighted by Gasteiger charge is -2.50. The molecule has 6 nitrogen and oxygen atoms in total. The highest BCUT2D eigenvalue weighted by Crippen LogP contribution is 2.35. The van der Waals surface area contributed by atoms with Crippen LogP contribution in [0.3, 0.4) is 0 Å². The SMILES string of the molecule is C[C@H]1OC2COC(C)(C)O[C@H]2[C@H](OCc2ccccc2)C1OC(=O)c1ccccc1. The van der Waals surface area contributed by atoms with E-state index < -0.39 is 30.1 Å². The van der Waals surface area contributed by atoms with Gasteiger partial charge < -0.3 is 23.7 Å². The van der Waals surface area contributed by atoms with Crippen molar-refractivity contribution in [1.29, 1.82) is 0 Å². The number of esters is 1. The van der Waals surface area contributed by atoms with E-state index in [4.69, 9.17) is 23.7 Å².